The molecule has 3 N–H and O–H groups in total. The number of carboxylic acid groups (broad SMARTS) is 1. The smallest absolute Gasteiger partial charge is 0.300 e. The Morgan fingerprint density at radius 1 is 1.29 bits per heavy atom. The van der Waals surface area contributed by atoms with E-state index in [4.69, 9.17) is 9.90 Å². The van der Waals surface area contributed by atoms with E-state index >= 15 is 0 Å². The molecule has 2 fully saturated rings. The number of hydrogen-bond acceptors (Lipinski definition) is 3. The lowest BCUT2D eigenvalue weighted by molar-refractivity contribution is -0.134. The van der Waals surface area contributed by atoms with Crippen molar-refractivity contribution < 1.29 is 9.90 Å². The maximum atomic E-state index is 9.00. The monoisotopic (exact) mass is 202 g/mol. The Labute approximate surface area is 86.1 Å². The van der Waals surface area contributed by atoms with Crippen LogP contribution in [-0.2, 0) is 4.79 Å². The molecule has 0 bridgehead atoms. The van der Waals surface area contributed by atoms with E-state index in [-0.39, 0.29) is 0 Å². The molecule has 84 valence electrons. The number of aliphatic carboxylic acids is 1. The molecule has 0 radical (unpaired) electrons. The summed E-state index contributed by atoms with van der Waals surface area (Å²) in [6, 6.07) is 0.675. The Hall–Kier alpha value is -0.610. The van der Waals surface area contributed by atoms with Crippen molar-refractivity contribution in [2.24, 2.45) is 0 Å². The van der Waals surface area contributed by atoms with E-state index in [1.165, 1.54) is 19.3 Å². The topological polar surface area (TPSA) is 61.4 Å². The van der Waals surface area contributed by atoms with Gasteiger partial charge in [0.25, 0.3) is 5.97 Å². The molecule has 0 aromatic carbocycles. The van der Waals surface area contributed by atoms with Crippen LogP contribution >= 0.6 is 0 Å². The summed E-state index contributed by atoms with van der Waals surface area (Å²) < 4.78 is 0. The average molecular weight is 202 g/mol. The molecule has 1 aliphatic carbocycles. The van der Waals surface area contributed by atoms with Gasteiger partial charge in [0, 0.05) is 32.6 Å². The largest absolute Gasteiger partial charge is 0.481 e. The molecule has 0 aromatic rings. The number of nitrogens with one attached hydrogen (secondary N) is 2. The standard InChI is InChI=1S/C5H12N2.C3H6.C2H4O2/c1-5-4-6-2-3-7-5;1-2-3-1;1-2(3)4/h5-7H,2-4H2,1H3;1-3H2;1H3,(H,3,4). The summed E-state index contributed by atoms with van der Waals surface area (Å²) in [4.78, 5) is 9.00. The highest BCUT2D eigenvalue weighted by Gasteiger charge is 2.03. The fourth-order valence-electron chi connectivity index (χ4n) is 0.798. The van der Waals surface area contributed by atoms with Gasteiger partial charge in [-0.3, -0.25) is 4.79 Å². The van der Waals surface area contributed by atoms with Crippen molar-refractivity contribution in [1.82, 2.24) is 10.6 Å². The molecular formula is C10H22N2O2. The normalized spacial score (nSPS) is 23.4. The minimum absolute atomic E-state index is 0.675. The lowest BCUT2D eigenvalue weighted by Crippen LogP contribution is -2.46. The summed E-state index contributed by atoms with van der Waals surface area (Å²) in [5.74, 6) is -0.833. The Morgan fingerprint density at radius 3 is 1.93 bits per heavy atom. The molecule has 0 spiro atoms. The lowest BCUT2D eigenvalue weighted by Gasteiger charge is -2.19. The summed E-state index contributed by atoms with van der Waals surface area (Å²) in [5.41, 5.74) is 0. The van der Waals surface area contributed by atoms with Crippen molar-refractivity contribution in [2.45, 2.75) is 39.2 Å². The maximum absolute atomic E-state index is 9.00. The highest BCUT2D eigenvalue weighted by molar-refractivity contribution is 5.62. The van der Waals surface area contributed by atoms with Crippen molar-refractivity contribution in [3.8, 4) is 0 Å². The van der Waals surface area contributed by atoms with Crippen molar-refractivity contribution in [2.75, 3.05) is 19.6 Å². The summed E-state index contributed by atoms with van der Waals surface area (Å²) in [5, 5.41) is 14.0. The second kappa shape index (κ2) is 8.97. The van der Waals surface area contributed by atoms with Crippen LogP contribution in [0.1, 0.15) is 33.1 Å². The van der Waals surface area contributed by atoms with Gasteiger partial charge in [0.05, 0.1) is 0 Å². The summed E-state index contributed by atoms with van der Waals surface area (Å²) in [7, 11) is 0. The third-order valence-corrected chi connectivity index (χ3v) is 1.60. The van der Waals surface area contributed by atoms with Gasteiger partial charge in [-0.15, -0.1) is 0 Å². The molecule has 1 aliphatic heterocycles. The SMILES string of the molecule is C1CC1.CC(=O)O.CC1CNCCN1. The molecule has 1 heterocycles. The van der Waals surface area contributed by atoms with Gasteiger partial charge < -0.3 is 15.7 Å². The minimum atomic E-state index is -0.833. The molecule has 14 heavy (non-hydrogen) atoms. The molecule has 0 amide bonds. The zero-order valence-electron chi connectivity index (χ0n) is 9.18. The fraction of sp³-hybridized carbons (Fsp3) is 0.900. The minimum Gasteiger partial charge on any atom is -0.481 e. The zero-order chi connectivity index (χ0) is 10.8. The van der Waals surface area contributed by atoms with Crippen molar-refractivity contribution in [3.05, 3.63) is 0 Å². The van der Waals surface area contributed by atoms with Crippen LogP contribution in [0.2, 0.25) is 0 Å². The van der Waals surface area contributed by atoms with E-state index in [1.807, 2.05) is 0 Å². The van der Waals surface area contributed by atoms with Crippen molar-refractivity contribution in [1.29, 1.82) is 0 Å². The Kier molecular flexibility index (Phi) is 8.57. The molecule has 4 nitrogen and oxygen atoms in total. The van der Waals surface area contributed by atoms with Crippen molar-refractivity contribution in [3.63, 3.8) is 0 Å². The first kappa shape index (κ1) is 13.4. The predicted octanol–water partition coefficient (Wildman–Crippen LogP) is 0.829. The highest BCUT2D eigenvalue weighted by atomic mass is 16.4. The maximum Gasteiger partial charge on any atom is 0.300 e. The Morgan fingerprint density at radius 2 is 1.79 bits per heavy atom. The summed E-state index contributed by atoms with van der Waals surface area (Å²) in [6.07, 6.45) is 4.50. The van der Waals surface area contributed by atoms with E-state index < -0.39 is 5.97 Å². The number of carbonyl (C=O) groups is 1. The van der Waals surface area contributed by atoms with Crippen molar-refractivity contribution >= 4 is 5.97 Å². The number of carboxylic acids is 1. The van der Waals surface area contributed by atoms with Crippen LogP contribution in [0.15, 0.2) is 0 Å². The summed E-state index contributed by atoms with van der Waals surface area (Å²) in [6.45, 7) is 6.65. The number of rotatable bonds is 0. The van der Waals surface area contributed by atoms with E-state index in [0.29, 0.717) is 6.04 Å². The van der Waals surface area contributed by atoms with E-state index in [1.54, 1.807) is 0 Å². The zero-order valence-corrected chi connectivity index (χ0v) is 9.18. The highest BCUT2D eigenvalue weighted by Crippen LogP contribution is 2.14. The Bertz CT molecular complexity index is 136. The van der Waals surface area contributed by atoms with E-state index in [0.717, 1.165) is 26.6 Å². The third-order valence-electron chi connectivity index (χ3n) is 1.60. The van der Waals surface area contributed by atoms with Gasteiger partial charge in [-0.05, 0) is 6.92 Å². The van der Waals surface area contributed by atoms with Crippen LogP contribution < -0.4 is 10.6 Å². The molecule has 1 saturated carbocycles. The molecule has 2 aliphatic rings. The molecule has 1 saturated heterocycles. The quantitative estimate of drug-likeness (QED) is 0.544. The molecule has 0 aromatic heterocycles. The first-order valence-electron chi connectivity index (χ1n) is 5.26. The average Bonchev–Trinajstić information content (AvgIpc) is 2.89. The van der Waals surface area contributed by atoms with Crippen LogP contribution in [0.5, 0.6) is 0 Å². The fourth-order valence-corrected chi connectivity index (χ4v) is 0.798. The van der Waals surface area contributed by atoms with Crippen LogP contribution in [-0.4, -0.2) is 36.8 Å². The third kappa shape index (κ3) is 17.5. The van der Waals surface area contributed by atoms with Gasteiger partial charge in [0.15, 0.2) is 0 Å². The van der Waals surface area contributed by atoms with Crippen LogP contribution in [0.25, 0.3) is 0 Å². The molecule has 2 rings (SSSR count). The molecular weight excluding hydrogens is 180 g/mol. The van der Waals surface area contributed by atoms with Gasteiger partial charge in [0.2, 0.25) is 0 Å². The second-order valence-electron chi connectivity index (χ2n) is 3.64. The number of piperazine rings is 1. The number of hydrogen-bond donors (Lipinski definition) is 3. The summed E-state index contributed by atoms with van der Waals surface area (Å²) >= 11 is 0. The van der Waals surface area contributed by atoms with E-state index in [9.17, 15) is 0 Å². The second-order valence-corrected chi connectivity index (χ2v) is 3.64. The van der Waals surface area contributed by atoms with Crippen LogP contribution in [0, 0.1) is 0 Å². The first-order valence-corrected chi connectivity index (χ1v) is 5.26. The Balaban J connectivity index is 0.000000204. The molecule has 1 unspecified atom stereocenters. The lowest BCUT2D eigenvalue weighted by atomic mass is 10.3. The molecule has 4 heteroatoms. The van der Waals surface area contributed by atoms with Gasteiger partial charge in [-0.25, -0.2) is 0 Å². The van der Waals surface area contributed by atoms with E-state index in [2.05, 4.69) is 17.6 Å². The van der Waals surface area contributed by atoms with Gasteiger partial charge in [0.1, 0.15) is 0 Å². The van der Waals surface area contributed by atoms with Gasteiger partial charge in [-0.2, -0.15) is 0 Å². The molecule has 1 atom stereocenters. The van der Waals surface area contributed by atoms with Gasteiger partial charge in [-0.1, -0.05) is 19.3 Å². The first-order chi connectivity index (χ1) is 6.63. The predicted molar refractivity (Wildman–Crippen MR) is 57.5 cm³/mol. The van der Waals surface area contributed by atoms with Crippen LogP contribution in [0.3, 0.4) is 0 Å². The van der Waals surface area contributed by atoms with Crippen LogP contribution in [0.4, 0.5) is 0 Å². The van der Waals surface area contributed by atoms with Gasteiger partial charge >= 0.3 is 0 Å².